The third-order valence-corrected chi connectivity index (χ3v) is 6.01. The Hall–Kier alpha value is -2.91. The van der Waals surface area contributed by atoms with Crippen LogP contribution in [0.1, 0.15) is 22.8 Å². The zero-order valence-electron chi connectivity index (χ0n) is 16.3. The number of rotatable bonds is 5. The van der Waals surface area contributed by atoms with Crippen molar-refractivity contribution in [3.05, 3.63) is 53.6 Å². The quantitative estimate of drug-likeness (QED) is 0.776. The number of para-hydroxylation sites is 1. The zero-order chi connectivity index (χ0) is 21.0. The minimum absolute atomic E-state index is 0.0253. The van der Waals surface area contributed by atoms with Gasteiger partial charge in [0.15, 0.2) is 0 Å². The largest absolute Gasteiger partial charge is 0.378 e. The van der Waals surface area contributed by atoms with Crippen molar-refractivity contribution in [3.63, 3.8) is 0 Å². The first kappa shape index (κ1) is 20.8. The lowest BCUT2D eigenvalue weighted by Crippen LogP contribution is -2.41. The highest BCUT2D eigenvalue weighted by Crippen LogP contribution is 2.25. The van der Waals surface area contributed by atoms with Crippen LogP contribution >= 0.6 is 0 Å². The number of hydrogen-bond donors (Lipinski definition) is 2. The maximum Gasteiger partial charge on any atom is 0.262 e. The number of nitrogens with one attached hydrogen (secondary N) is 2. The third-order valence-electron chi connectivity index (χ3n) is 4.50. The summed E-state index contributed by atoms with van der Waals surface area (Å²) in [6.07, 6.45) is 0. The fraction of sp³-hybridized carbons (Fsp3) is 0.300. The number of nitrogens with zero attached hydrogens (tertiary/aromatic N) is 1. The number of ether oxygens (including phenoxy) is 1. The monoisotopic (exact) mass is 417 g/mol. The van der Waals surface area contributed by atoms with Gasteiger partial charge in [0, 0.05) is 25.7 Å². The highest BCUT2D eigenvalue weighted by molar-refractivity contribution is 7.92. The molecule has 2 aromatic carbocycles. The summed E-state index contributed by atoms with van der Waals surface area (Å²) in [5.74, 6) is -0.554. The minimum atomic E-state index is -3.99. The Morgan fingerprint density at radius 3 is 2.45 bits per heavy atom. The first-order valence-electron chi connectivity index (χ1n) is 9.15. The summed E-state index contributed by atoms with van der Waals surface area (Å²) in [4.78, 5) is 25.8. The van der Waals surface area contributed by atoms with Crippen molar-refractivity contribution in [1.29, 1.82) is 0 Å². The molecular weight excluding hydrogens is 394 g/mol. The van der Waals surface area contributed by atoms with Crippen LogP contribution in [0, 0.1) is 6.92 Å². The molecule has 2 aromatic rings. The second-order valence-electron chi connectivity index (χ2n) is 6.72. The van der Waals surface area contributed by atoms with Crippen molar-refractivity contribution in [3.8, 4) is 0 Å². The number of sulfonamides is 1. The van der Waals surface area contributed by atoms with Gasteiger partial charge in [0.05, 0.1) is 29.4 Å². The van der Waals surface area contributed by atoms with Crippen molar-refractivity contribution in [1.82, 2.24) is 4.90 Å². The Kier molecular flexibility index (Phi) is 6.19. The lowest BCUT2D eigenvalue weighted by atomic mass is 10.1. The Morgan fingerprint density at radius 1 is 1.07 bits per heavy atom. The molecule has 1 aliphatic heterocycles. The molecule has 8 nitrogen and oxygen atoms in total. The van der Waals surface area contributed by atoms with Crippen LogP contribution in [-0.2, 0) is 19.6 Å². The fourth-order valence-electron chi connectivity index (χ4n) is 3.07. The van der Waals surface area contributed by atoms with E-state index in [-0.39, 0.29) is 28.0 Å². The molecule has 0 radical (unpaired) electrons. The Morgan fingerprint density at radius 2 is 1.76 bits per heavy atom. The summed E-state index contributed by atoms with van der Waals surface area (Å²) in [6.45, 7) is 4.83. The zero-order valence-corrected chi connectivity index (χ0v) is 17.1. The summed E-state index contributed by atoms with van der Waals surface area (Å²) in [6, 6.07) is 11.1. The van der Waals surface area contributed by atoms with Gasteiger partial charge in [-0.15, -0.1) is 0 Å². The second kappa shape index (κ2) is 8.62. The first-order chi connectivity index (χ1) is 13.8. The topological polar surface area (TPSA) is 105 Å². The van der Waals surface area contributed by atoms with Crippen LogP contribution in [0.3, 0.4) is 0 Å². The molecule has 0 aliphatic carbocycles. The summed E-state index contributed by atoms with van der Waals surface area (Å²) in [7, 11) is -3.99. The van der Waals surface area contributed by atoms with Crippen molar-refractivity contribution < 1.29 is 22.7 Å². The molecule has 2 N–H and O–H groups in total. The van der Waals surface area contributed by atoms with E-state index in [1.807, 2.05) is 0 Å². The van der Waals surface area contributed by atoms with Gasteiger partial charge in [0.25, 0.3) is 15.9 Å². The molecule has 0 saturated carbocycles. The van der Waals surface area contributed by atoms with Crippen LogP contribution in [0.2, 0.25) is 0 Å². The number of anilines is 2. The number of carbonyl (C=O) groups excluding carboxylic acids is 2. The predicted molar refractivity (Wildman–Crippen MR) is 109 cm³/mol. The SMILES string of the molecule is CC(=O)Nc1ccc(C)c(S(=O)(=O)Nc2ccccc2C(=O)N2CCOCC2)c1. The molecule has 29 heavy (non-hydrogen) atoms. The molecule has 1 saturated heterocycles. The van der Waals surface area contributed by atoms with Crippen LogP contribution < -0.4 is 10.0 Å². The molecule has 9 heteroatoms. The molecule has 0 spiro atoms. The molecule has 0 unspecified atom stereocenters. The van der Waals surface area contributed by atoms with Gasteiger partial charge in [-0.1, -0.05) is 18.2 Å². The van der Waals surface area contributed by atoms with Crippen LogP contribution in [0.5, 0.6) is 0 Å². The van der Waals surface area contributed by atoms with Gasteiger partial charge in [-0.05, 0) is 36.8 Å². The number of amides is 2. The number of carbonyl (C=O) groups is 2. The van der Waals surface area contributed by atoms with Crippen molar-refractivity contribution in [2.24, 2.45) is 0 Å². The van der Waals surface area contributed by atoms with E-state index in [0.29, 0.717) is 37.6 Å². The molecule has 154 valence electrons. The van der Waals surface area contributed by atoms with Gasteiger partial charge >= 0.3 is 0 Å². The lowest BCUT2D eigenvalue weighted by Gasteiger charge is -2.27. The van der Waals surface area contributed by atoms with Crippen LogP contribution in [0.25, 0.3) is 0 Å². The van der Waals surface area contributed by atoms with Gasteiger partial charge in [-0.25, -0.2) is 8.42 Å². The van der Waals surface area contributed by atoms with Crippen molar-refractivity contribution >= 4 is 33.2 Å². The average Bonchev–Trinajstić information content (AvgIpc) is 2.69. The third kappa shape index (κ3) is 4.93. The van der Waals surface area contributed by atoms with E-state index in [0.717, 1.165) is 0 Å². The molecule has 1 heterocycles. The standard InChI is InChI=1S/C20H23N3O5S/c1-14-7-8-16(21-15(2)24)13-19(14)29(26,27)22-18-6-4-3-5-17(18)20(25)23-9-11-28-12-10-23/h3-8,13,22H,9-12H2,1-2H3,(H,21,24). The van der Waals surface area contributed by atoms with E-state index in [2.05, 4.69) is 10.0 Å². The van der Waals surface area contributed by atoms with Gasteiger partial charge in [-0.2, -0.15) is 0 Å². The second-order valence-corrected chi connectivity index (χ2v) is 8.37. The number of benzene rings is 2. The molecule has 0 atom stereocenters. The maximum absolute atomic E-state index is 13.0. The highest BCUT2D eigenvalue weighted by Gasteiger charge is 2.24. The minimum Gasteiger partial charge on any atom is -0.378 e. The highest BCUT2D eigenvalue weighted by atomic mass is 32.2. The molecule has 0 aromatic heterocycles. The Labute approximate surface area is 169 Å². The summed E-state index contributed by atoms with van der Waals surface area (Å²) in [5, 5.41) is 2.58. The van der Waals surface area contributed by atoms with E-state index >= 15 is 0 Å². The maximum atomic E-state index is 13.0. The molecule has 1 aliphatic rings. The molecular formula is C20H23N3O5S. The number of morpholine rings is 1. The Bertz CT molecular complexity index is 1030. The molecule has 2 amide bonds. The van der Waals surface area contributed by atoms with E-state index in [1.165, 1.54) is 13.0 Å². The summed E-state index contributed by atoms with van der Waals surface area (Å²) in [5.41, 5.74) is 1.37. The fourth-order valence-corrected chi connectivity index (χ4v) is 4.42. The van der Waals surface area contributed by atoms with Gasteiger partial charge in [-0.3, -0.25) is 14.3 Å². The van der Waals surface area contributed by atoms with E-state index in [9.17, 15) is 18.0 Å². The Balaban J connectivity index is 1.92. The number of hydrogen-bond acceptors (Lipinski definition) is 5. The van der Waals surface area contributed by atoms with Crippen LogP contribution in [0.15, 0.2) is 47.4 Å². The van der Waals surface area contributed by atoms with Crippen molar-refractivity contribution in [2.45, 2.75) is 18.7 Å². The smallest absolute Gasteiger partial charge is 0.262 e. The normalized spacial score (nSPS) is 14.3. The van der Waals surface area contributed by atoms with Gasteiger partial charge in [0.1, 0.15) is 0 Å². The predicted octanol–water partition coefficient (Wildman–Crippen LogP) is 2.23. The summed E-state index contributed by atoms with van der Waals surface area (Å²) < 4.78 is 33.9. The van der Waals surface area contributed by atoms with E-state index in [1.54, 1.807) is 48.2 Å². The molecule has 0 bridgehead atoms. The van der Waals surface area contributed by atoms with Crippen LogP contribution in [0.4, 0.5) is 11.4 Å². The van der Waals surface area contributed by atoms with E-state index in [4.69, 9.17) is 4.74 Å². The molecule has 3 rings (SSSR count). The van der Waals surface area contributed by atoms with Gasteiger partial charge < -0.3 is 15.0 Å². The first-order valence-corrected chi connectivity index (χ1v) is 10.6. The molecule has 1 fully saturated rings. The van der Waals surface area contributed by atoms with E-state index < -0.39 is 10.0 Å². The van der Waals surface area contributed by atoms with Crippen LogP contribution in [-0.4, -0.2) is 51.4 Å². The number of aryl methyl sites for hydroxylation is 1. The van der Waals surface area contributed by atoms with Crippen molar-refractivity contribution in [2.75, 3.05) is 36.3 Å². The lowest BCUT2D eigenvalue weighted by molar-refractivity contribution is -0.114. The van der Waals surface area contributed by atoms with Gasteiger partial charge in [0.2, 0.25) is 5.91 Å². The summed E-state index contributed by atoms with van der Waals surface area (Å²) >= 11 is 0. The average molecular weight is 417 g/mol.